The van der Waals surface area contributed by atoms with Crippen molar-refractivity contribution in [3.8, 4) is 0 Å². The normalized spacial score (nSPS) is 40.0. The van der Waals surface area contributed by atoms with E-state index in [1.165, 1.54) is 13.0 Å². The Balaban J connectivity index is 1.94. The fraction of sp³-hybridized carbons (Fsp3) is 0.851. The van der Waals surface area contributed by atoms with E-state index in [4.69, 9.17) is 4.74 Å². The van der Waals surface area contributed by atoms with E-state index in [0.717, 1.165) is 27.7 Å². The van der Waals surface area contributed by atoms with E-state index in [-0.39, 0.29) is 32.3 Å². The number of cyclic esters (lactones) is 1. The maximum absolute atomic E-state index is 16.2. The standard InChI is InChI=1S/C47H74O21/c1-19(48)39(63)28(52)14-34(58)46(35(59)15-29(53)40(64)20(2)49)33(57)12-24-7-8-26-27(13-32(56)44(6)25(9-10-45(26,44)67)23-11-38(62)68-18-23)43(24,5)47(46,36(60)16-30(54)41(65)21(3)50)37(61)17-31(55)42(66)22(4)51/h11,19-22,24-33,39-42,48-57,63-67H,7-10,12-18H2,1-6H3/t19?,20?,21?,22?,24-,25-,26-,27+,28?,29?,30?,31?,32-,33-,39?,40?,41?,42?,43+,44+,45+,46?,47?/m1/s1. The average Bonchev–Trinajstić information content (AvgIpc) is 3.81. The quantitative estimate of drug-likeness (QED) is 0.0385. The van der Waals surface area contributed by atoms with Crippen LogP contribution in [0.3, 0.4) is 0 Å². The summed E-state index contributed by atoms with van der Waals surface area (Å²) in [4.78, 5) is 76.2. The molecule has 4 fully saturated rings. The number of aliphatic hydroxyl groups is 15. The highest BCUT2D eigenvalue weighted by atomic mass is 16.5. The summed E-state index contributed by atoms with van der Waals surface area (Å²) in [5.41, 5.74) is -12.4. The van der Waals surface area contributed by atoms with Gasteiger partial charge in [0.05, 0.1) is 66.6 Å². The lowest BCUT2D eigenvalue weighted by molar-refractivity contribution is -0.279. The van der Waals surface area contributed by atoms with Crippen molar-refractivity contribution in [2.45, 2.75) is 197 Å². The Morgan fingerprint density at radius 3 is 1.38 bits per heavy atom. The number of Topliss-reactive ketones (excluding diaryl/α,β-unsaturated/α-hetero) is 4. The molecule has 21 nitrogen and oxygen atoms in total. The third-order valence-electron chi connectivity index (χ3n) is 17.6. The van der Waals surface area contributed by atoms with Crippen molar-refractivity contribution < 1.29 is 105 Å². The first-order chi connectivity index (χ1) is 31.4. The van der Waals surface area contributed by atoms with Gasteiger partial charge >= 0.3 is 5.97 Å². The monoisotopic (exact) mass is 974 g/mol. The molecule has 15 N–H and O–H groups in total. The van der Waals surface area contributed by atoms with Gasteiger partial charge in [0.15, 0.2) is 23.1 Å². The molecule has 21 atom stereocenters. The van der Waals surface area contributed by atoms with Crippen LogP contribution in [0.4, 0.5) is 0 Å². The summed E-state index contributed by atoms with van der Waals surface area (Å²) in [6.07, 6.45) is -34.3. The topological polar surface area (TPSA) is 398 Å². The van der Waals surface area contributed by atoms with Crippen molar-refractivity contribution in [1.82, 2.24) is 0 Å². The molecule has 5 rings (SSSR count). The van der Waals surface area contributed by atoms with Gasteiger partial charge in [-0.15, -0.1) is 0 Å². The smallest absolute Gasteiger partial charge is 0.331 e. The molecule has 0 amide bonds. The maximum Gasteiger partial charge on any atom is 0.331 e. The lowest BCUT2D eigenvalue weighted by atomic mass is 9.29. The van der Waals surface area contributed by atoms with Crippen LogP contribution in [0.25, 0.3) is 0 Å². The van der Waals surface area contributed by atoms with Gasteiger partial charge in [-0.3, -0.25) is 19.2 Å². The van der Waals surface area contributed by atoms with Crippen molar-refractivity contribution >= 4 is 29.1 Å². The molecule has 0 bridgehead atoms. The minimum absolute atomic E-state index is 0.0371. The third kappa shape index (κ3) is 8.67. The molecule has 4 saturated carbocycles. The molecule has 0 aromatic carbocycles. The molecule has 4 aliphatic carbocycles. The molecule has 68 heavy (non-hydrogen) atoms. The molecule has 12 unspecified atom stereocenters. The van der Waals surface area contributed by atoms with E-state index in [0.29, 0.717) is 5.57 Å². The second-order valence-electron chi connectivity index (χ2n) is 21.2. The number of fused-ring (bicyclic) bond motifs is 5. The van der Waals surface area contributed by atoms with Gasteiger partial charge < -0.3 is 81.3 Å². The number of hydrogen-bond donors (Lipinski definition) is 15. The van der Waals surface area contributed by atoms with E-state index in [2.05, 4.69) is 0 Å². The zero-order chi connectivity index (χ0) is 51.5. The van der Waals surface area contributed by atoms with Crippen LogP contribution in [0.5, 0.6) is 0 Å². The van der Waals surface area contributed by atoms with Crippen molar-refractivity contribution in [2.24, 2.45) is 45.3 Å². The van der Waals surface area contributed by atoms with E-state index >= 15 is 19.2 Å². The summed E-state index contributed by atoms with van der Waals surface area (Å²) in [5.74, 6) is -11.4. The number of hydrogen-bond acceptors (Lipinski definition) is 21. The van der Waals surface area contributed by atoms with Gasteiger partial charge in [-0.1, -0.05) is 13.8 Å². The summed E-state index contributed by atoms with van der Waals surface area (Å²) in [6.45, 7) is 6.96. The Morgan fingerprint density at radius 2 is 1.00 bits per heavy atom. The maximum atomic E-state index is 16.2. The van der Waals surface area contributed by atoms with E-state index in [9.17, 15) is 81.4 Å². The van der Waals surface area contributed by atoms with E-state index in [1.54, 1.807) is 6.92 Å². The lowest BCUT2D eigenvalue weighted by Crippen LogP contribution is -2.80. The van der Waals surface area contributed by atoms with Gasteiger partial charge in [-0.2, -0.15) is 0 Å². The molecular formula is C47H74O21. The summed E-state index contributed by atoms with van der Waals surface area (Å²) >= 11 is 0. The summed E-state index contributed by atoms with van der Waals surface area (Å²) in [5, 5.41) is 169. The predicted octanol–water partition coefficient (Wildman–Crippen LogP) is -3.99. The minimum Gasteiger partial charge on any atom is -0.458 e. The van der Waals surface area contributed by atoms with Crippen LogP contribution in [0.15, 0.2) is 11.6 Å². The number of aliphatic hydroxyl groups excluding tert-OH is 14. The largest absolute Gasteiger partial charge is 0.458 e. The van der Waals surface area contributed by atoms with Crippen LogP contribution in [0.1, 0.15) is 106 Å². The predicted molar refractivity (Wildman–Crippen MR) is 232 cm³/mol. The SMILES string of the molecule is CC(O)C(O)C(O)CC(=O)C1(C(=O)CC(O)C(O)C(C)O)[C@H](O)C[C@H]2CC[C@@H]3[C@H](C[C@@H](O)[C@]4(C)[C@@H](C5=CC(=O)OC5)CC[C@]34O)[C@@]2(C)C1(C(=O)CC(O)C(O)C(C)O)C(=O)CC(O)C(O)C(C)O. The van der Waals surface area contributed by atoms with Gasteiger partial charge in [-0.05, 0) is 101 Å². The van der Waals surface area contributed by atoms with Crippen molar-refractivity contribution in [2.75, 3.05) is 6.61 Å². The van der Waals surface area contributed by atoms with Crippen LogP contribution in [0.2, 0.25) is 0 Å². The Hall–Kier alpha value is -2.71. The van der Waals surface area contributed by atoms with Crippen LogP contribution in [0, 0.1) is 45.3 Å². The van der Waals surface area contributed by atoms with Gasteiger partial charge in [0.2, 0.25) is 0 Å². The number of ether oxygens (including phenoxy) is 1. The molecule has 21 heteroatoms. The van der Waals surface area contributed by atoms with Crippen LogP contribution < -0.4 is 0 Å². The molecule has 0 aromatic heterocycles. The summed E-state index contributed by atoms with van der Waals surface area (Å²) in [6, 6.07) is 0. The van der Waals surface area contributed by atoms with Gasteiger partial charge in [0.1, 0.15) is 41.9 Å². The number of esters is 1. The Labute approximate surface area is 394 Å². The van der Waals surface area contributed by atoms with Crippen molar-refractivity contribution in [3.63, 3.8) is 0 Å². The lowest BCUT2D eigenvalue weighted by Gasteiger charge is -2.72. The second-order valence-corrected chi connectivity index (χ2v) is 21.2. The fourth-order valence-corrected chi connectivity index (χ4v) is 13.9. The van der Waals surface area contributed by atoms with Gasteiger partial charge in [0, 0.05) is 37.2 Å². The Bertz CT molecular complexity index is 1850. The molecule has 0 saturated heterocycles. The van der Waals surface area contributed by atoms with Crippen molar-refractivity contribution in [1.29, 1.82) is 0 Å². The van der Waals surface area contributed by atoms with Crippen LogP contribution >= 0.6 is 0 Å². The van der Waals surface area contributed by atoms with E-state index in [1.807, 2.05) is 0 Å². The molecule has 0 radical (unpaired) electrons. The Morgan fingerprint density at radius 1 is 0.588 bits per heavy atom. The molecule has 388 valence electrons. The number of rotatable bonds is 21. The highest BCUT2D eigenvalue weighted by molar-refractivity contribution is 6.22. The first kappa shape index (κ1) is 56.2. The zero-order valence-electron chi connectivity index (χ0n) is 39.4. The molecular weight excluding hydrogens is 900 g/mol. The minimum atomic E-state index is -3.63. The molecule has 5 aliphatic rings. The zero-order valence-corrected chi connectivity index (χ0v) is 39.4. The van der Waals surface area contributed by atoms with Crippen LogP contribution in [-0.4, -0.2) is 203 Å². The van der Waals surface area contributed by atoms with Gasteiger partial charge in [-0.25, -0.2) is 4.79 Å². The molecule has 1 heterocycles. The molecule has 0 spiro atoms. The first-order valence-electron chi connectivity index (χ1n) is 23.6. The van der Waals surface area contributed by atoms with Crippen molar-refractivity contribution in [3.05, 3.63) is 11.6 Å². The number of ketones is 4. The Kier molecular flexibility index (Phi) is 16.9. The number of carbonyl (C=O) groups excluding carboxylic acids is 5. The number of carbonyl (C=O) groups is 5. The highest BCUT2D eigenvalue weighted by Crippen LogP contribution is 2.76. The second kappa shape index (κ2) is 20.4. The highest BCUT2D eigenvalue weighted by Gasteiger charge is 2.84. The molecule has 0 aromatic rings. The fourth-order valence-electron chi connectivity index (χ4n) is 13.9. The van der Waals surface area contributed by atoms with Gasteiger partial charge in [0.25, 0.3) is 0 Å². The molecule has 1 aliphatic heterocycles. The van der Waals surface area contributed by atoms with Crippen LogP contribution in [-0.2, 0) is 28.7 Å². The first-order valence-corrected chi connectivity index (χ1v) is 23.6. The third-order valence-corrected chi connectivity index (χ3v) is 17.6. The average molecular weight is 975 g/mol. The van der Waals surface area contributed by atoms with E-state index < -0.39 is 204 Å². The summed E-state index contributed by atoms with van der Waals surface area (Å²) < 4.78 is 5.20. The summed E-state index contributed by atoms with van der Waals surface area (Å²) in [7, 11) is 0.